The molecule has 1 aliphatic heterocycles. The van der Waals surface area contributed by atoms with Crippen molar-refractivity contribution >= 4 is 18.3 Å². The van der Waals surface area contributed by atoms with E-state index >= 15 is 0 Å². The van der Waals surface area contributed by atoms with Gasteiger partial charge in [0.2, 0.25) is 5.91 Å². The SMILES string of the molecule is Cl.O=C(NCCOC1CCCCCC1)C1CNC1. The number of carbonyl (C=O) groups excluding carboxylic acids is 1. The van der Waals surface area contributed by atoms with Gasteiger partial charge in [-0.05, 0) is 12.8 Å². The van der Waals surface area contributed by atoms with Crippen molar-refractivity contribution in [1.29, 1.82) is 0 Å². The Hall–Kier alpha value is -0.320. The van der Waals surface area contributed by atoms with Gasteiger partial charge in [0.15, 0.2) is 0 Å². The van der Waals surface area contributed by atoms with E-state index in [1.807, 2.05) is 0 Å². The maximum atomic E-state index is 11.5. The summed E-state index contributed by atoms with van der Waals surface area (Å²) in [7, 11) is 0. The maximum Gasteiger partial charge on any atom is 0.225 e. The first kappa shape index (κ1) is 15.7. The number of carbonyl (C=O) groups is 1. The smallest absolute Gasteiger partial charge is 0.225 e. The van der Waals surface area contributed by atoms with Gasteiger partial charge in [-0.2, -0.15) is 0 Å². The molecule has 106 valence electrons. The Morgan fingerprint density at radius 3 is 2.39 bits per heavy atom. The Balaban J connectivity index is 0.00000162. The molecule has 2 N–H and O–H groups in total. The molecular formula is C13H25ClN2O2. The number of hydrogen-bond acceptors (Lipinski definition) is 3. The zero-order valence-electron chi connectivity index (χ0n) is 11.0. The molecule has 0 unspecified atom stereocenters. The summed E-state index contributed by atoms with van der Waals surface area (Å²) < 4.78 is 5.81. The van der Waals surface area contributed by atoms with Crippen LogP contribution in [-0.4, -0.2) is 38.3 Å². The van der Waals surface area contributed by atoms with E-state index in [-0.39, 0.29) is 24.2 Å². The summed E-state index contributed by atoms with van der Waals surface area (Å²) in [6.45, 7) is 2.98. The van der Waals surface area contributed by atoms with Gasteiger partial charge in [-0.3, -0.25) is 4.79 Å². The summed E-state index contributed by atoms with van der Waals surface area (Å²) in [6.07, 6.45) is 8.12. The average Bonchev–Trinajstić information content (AvgIpc) is 2.50. The van der Waals surface area contributed by atoms with Gasteiger partial charge in [0, 0.05) is 19.6 Å². The number of hydrogen-bond donors (Lipinski definition) is 2. The molecule has 5 heteroatoms. The topological polar surface area (TPSA) is 50.4 Å². The van der Waals surface area contributed by atoms with Crippen molar-refractivity contribution in [2.75, 3.05) is 26.2 Å². The molecule has 2 rings (SSSR count). The van der Waals surface area contributed by atoms with Crippen LogP contribution < -0.4 is 10.6 Å². The molecule has 4 nitrogen and oxygen atoms in total. The average molecular weight is 277 g/mol. The largest absolute Gasteiger partial charge is 0.376 e. The first-order valence-electron chi connectivity index (χ1n) is 6.96. The number of rotatable bonds is 5. The third-order valence-electron chi connectivity index (χ3n) is 3.71. The second kappa shape index (κ2) is 8.73. The zero-order valence-corrected chi connectivity index (χ0v) is 11.8. The van der Waals surface area contributed by atoms with E-state index in [4.69, 9.17) is 4.74 Å². The summed E-state index contributed by atoms with van der Waals surface area (Å²) in [5.74, 6) is 0.362. The Morgan fingerprint density at radius 1 is 1.17 bits per heavy atom. The number of halogens is 1. The molecule has 1 aliphatic carbocycles. The van der Waals surface area contributed by atoms with Crippen molar-refractivity contribution in [2.45, 2.75) is 44.6 Å². The number of nitrogens with one attached hydrogen (secondary N) is 2. The first-order chi connectivity index (χ1) is 8.36. The molecule has 18 heavy (non-hydrogen) atoms. The molecule has 0 radical (unpaired) electrons. The van der Waals surface area contributed by atoms with E-state index in [0.29, 0.717) is 19.3 Å². The third kappa shape index (κ3) is 5.12. The molecule has 0 spiro atoms. The Morgan fingerprint density at radius 2 is 1.83 bits per heavy atom. The highest BCUT2D eigenvalue weighted by Gasteiger charge is 2.24. The standard InChI is InChI=1S/C13H24N2O2.ClH/c16-13(11-9-14-10-11)15-7-8-17-12-5-3-1-2-4-6-12;/h11-12,14H,1-10H2,(H,15,16);1H. The quantitative estimate of drug-likeness (QED) is 0.591. The monoisotopic (exact) mass is 276 g/mol. The summed E-state index contributed by atoms with van der Waals surface area (Å²) in [5.41, 5.74) is 0. The highest BCUT2D eigenvalue weighted by molar-refractivity contribution is 5.85. The van der Waals surface area contributed by atoms with Crippen LogP contribution >= 0.6 is 12.4 Å². The van der Waals surface area contributed by atoms with Gasteiger partial charge >= 0.3 is 0 Å². The van der Waals surface area contributed by atoms with E-state index < -0.39 is 0 Å². The normalized spacial score (nSPS) is 21.6. The van der Waals surface area contributed by atoms with Crippen LogP contribution in [0.15, 0.2) is 0 Å². The van der Waals surface area contributed by atoms with Crippen molar-refractivity contribution in [3.8, 4) is 0 Å². The van der Waals surface area contributed by atoms with Crippen molar-refractivity contribution in [3.05, 3.63) is 0 Å². The second-order valence-corrected chi connectivity index (χ2v) is 5.13. The zero-order chi connectivity index (χ0) is 11.9. The molecule has 0 atom stereocenters. The van der Waals surface area contributed by atoms with E-state index in [2.05, 4.69) is 10.6 Å². The molecule has 0 aromatic carbocycles. The lowest BCUT2D eigenvalue weighted by molar-refractivity contribution is -0.126. The van der Waals surface area contributed by atoms with Crippen LogP contribution in [0, 0.1) is 5.92 Å². The molecule has 0 bridgehead atoms. The van der Waals surface area contributed by atoms with E-state index in [1.165, 1.54) is 38.5 Å². The molecule has 1 saturated heterocycles. The first-order valence-corrected chi connectivity index (χ1v) is 6.96. The van der Waals surface area contributed by atoms with Crippen LogP contribution in [0.3, 0.4) is 0 Å². The van der Waals surface area contributed by atoms with Gasteiger partial charge in [-0.15, -0.1) is 12.4 Å². The van der Waals surface area contributed by atoms with Gasteiger partial charge in [0.1, 0.15) is 0 Å². The summed E-state index contributed by atoms with van der Waals surface area (Å²) in [6, 6.07) is 0. The van der Waals surface area contributed by atoms with Crippen LogP contribution in [0.1, 0.15) is 38.5 Å². The van der Waals surface area contributed by atoms with Crippen molar-refractivity contribution in [2.24, 2.45) is 5.92 Å². The lowest BCUT2D eigenvalue weighted by atomic mass is 10.0. The third-order valence-corrected chi connectivity index (χ3v) is 3.71. The van der Waals surface area contributed by atoms with Gasteiger partial charge in [0.25, 0.3) is 0 Å². The van der Waals surface area contributed by atoms with Crippen LogP contribution in [0.4, 0.5) is 0 Å². The molecule has 2 fully saturated rings. The fourth-order valence-electron chi connectivity index (χ4n) is 2.43. The Kier molecular flexibility index (Phi) is 7.63. The fraction of sp³-hybridized carbons (Fsp3) is 0.923. The van der Waals surface area contributed by atoms with Crippen LogP contribution in [0.25, 0.3) is 0 Å². The van der Waals surface area contributed by atoms with Crippen molar-refractivity contribution < 1.29 is 9.53 Å². The lowest BCUT2D eigenvalue weighted by Crippen LogP contribution is -2.51. The van der Waals surface area contributed by atoms with E-state index in [9.17, 15) is 4.79 Å². The molecule has 1 amide bonds. The van der Waals surface area contributed by atoms with E-state index in [0.717, 1.165) is 13.1 Å². The lowest BCUT2D eigenvalue weighted by Gasteiger charge is -2.26. The number of ether oxygens (including phenoxy) is 1. The highest BCUT2D eigenvalue weighted by atomic mass is 35.5. The number of amides is 1. The summed E-state index contributed by atoms with van der Waals surface area (Å²) in [5, 5.41) is 6.03. The van der Waals surface area contributed by atoms with Crippen LogP contribution in [-0.2, 0) is 9.53 Å². The van der Waals surface area contributed by atoms with E-state index in [1.54, 1.807) is 0 Å². The molecule has 1 heterocycles. The van der Waals surface area contributed by atoms with Gasteiger partial charge < -0.3 is 15.4 Å². The minimum absolute atomic E-state index is 0. The molecular weight excluding hydrogens is 252 g/mol. The van der Waals surface area contributed by atoms with Crippen LogP contribution in [0.2, 0.25) is 0 Å². The van der Waals surface area contributed by atoms with Gasteiger partial charge in [0.05, 0.1) is 18.6 Å². The summed E-state index contributed by atoms with van der Waals surface area (Å²) in [4.78, 5) is 11.5. The highest BCUT2D eigenvalue weighted by Crippen LogP contribution is 2.19. The van der Waals surface area contributed by atoms with Crippen molar-refractivity contribution in [1.82, 2.24) is 10.6 Å². The molecule has 1 saturated carbocycles. The fourth-order valence-corrected chi connectivity index (χ4v) is 2.43. The summed E-state index contributed by atoms with van der Waals surface area (Å²) >= 11 is 0. The minimum Gasteiger partial charge on any atom is -0.376 e. The molecule has 0 aromatic rings. The molecule has 0 aromatic heterocycles. The predicted octanol–water partition coefficient (Wildman–Crippen LogP) is 1.48. The Bertz CT molecular complexity index is 239. The minimum atomic E-state index is 0. The predicted molar refractivity (Wildman–Crippen MR) is 74.1 cm³/mol. The van der Waals surface area contributed by atoms with Gasteiger partial charge in [-0.1, -0.05) is 25.7 Å². The maximum absolute atomic E-state index is 11.5. The van der Waals surface area contributed by atoms with Gasteiger partial charge in [-0.25, -0.2) is 0 Å². The Labute approximate surface area is 116 Å². The second-order valence-electron chi connectivity index (χ2n) is 5.13. The van der Waals surface area contributed by atoms with Crippen molar-refractivity contribution in [3.63, 3.8) is 0 Å². The van der Waals surface area contributed by atoms with Crippen LogP contribution in [0.5, 0.6) is 0 Å². The molecule has 2 aliphatic rings.